The summed E-state index contributed by atoms with van der Waals surface area (Å²) >= 11 is 0. The summed E-state index contributed by atoms with van der Waals surface area (Å²) in [5.74, 6) is -0.0124. The van der Waals surface area contributed by atoms with E-state index in [4.69, 9.17) is 20.9 Å². The van der Waals surface area contributed by atoms with E-state index in [0.717, 1.165) is 0 Å². The molecular weight excluding hydrogens is 280 g/mol. The van der Waals surface area contributed by atoms with E-state index < -0.39 is 18.9 Å². The Balaban J connectivity index is 2.10. The molecule has 2 aromatic heterocycles. The van der Waals surface area contributed by atoms with Gasteiger partial charge in [-0.3, -0.25) is 4.57 Å². The number of aliphatic hydroxyl groups excluding tert-OH is 2. The molecule has 112 valence electrons. The van der Waals surface area contributed by atoms with Crippen molar-refractivity contribution in [2.75, 3.05) is 25.2 Å². The largest absolute Gasteiger partial charge is 0.506 e. The number of aromatic nitrogens is 4. The molecule has 6 N–H and O–H groups in total. The number of nitrogen functional groups attached to an aromatic ring is 2. The quantitative estimate of drug-likeness (QED) is 0.574. The van der Waals surface area contributed by atoms with Crippen molar-refractivity contribution in [3.05, 3.63) is 17.8 Å². The fourth-order valence-electron chi connectivity index (χ4n) is 2.25. The highest BCUT2D eigenvalue weighted by molar-refractivity contribution is 5.82. The molecule has 0 fully saturated rings. The first-order valence-corrected chi connectivity index (χ1v) is 6.04. The first-order chi connectivity index (χ1) is 10.1. The summed E-state index contributed by atoms with van der Waals surface area (Å²) in [6.07, 6.45) is -0.155. The summed E-state index contributed by atoms with van der Waals surface area (Å²) in [4.78, 5) is 12.0. The molecule has 10 heteroatoms. The van der Waals surface area contributed by atoms with E-state index in [2.05, 4.69) is 15.0 Å². The maximum absolute atomic E-state index is 9.95. The molecule has 0 saturated heterocycles. The lowest BCUT2D eigenvalue weighted by Gasteiger charge is -2.19. The van der Waals surface area contributed by atoms with Crippen LogP contribution in [0.5, 0.6) is 0 Å². The lowest BCUT2D eigenvalue weighted by Crippen LogP contribution is -2.24. The molecule has 3 heterocycles. The Labute approximate surface area is 118 Å². The van der Waals surface area contributed by atoms with Crippen LogP contribution in [-0.4, -0.2) is 49.6 Å². The van der Waals surface area contributed by atoms with Gasteiger partial charge in [0, 0.05) is 7.11 Å². The van der Waals surface area contributed by atoms with Crippen molar-refractivity contribution in [2.24, 2.45) is 0 Å². The van der Waals surface area contributed by atoms with Gasteiger partial charge in [-0.05, 0) is 0 Å². The molecule has 21 heavy (non-hydrogen) atoms. The number of nitrogens with two attached hydrogens (primary N) is 2. The minimum absolute atomic E-state index is 0.00623. The van der Waals surface area contributed by atoms with Gasteiger partial charge in [-0.1, -0.05) is 0 Å². The Bertz CT molecular complexity index is 727. The third-order valence-corrected chi connectivity index (χ3v) is 3.21. The second-order valence-corrected chi connectivity index (χ2v) is 4.42. The number of ether oxygens (including phenoxy) is 2. The van der Waals surface area contributed by atoms with Crippen molar-refractivity contribution in [3.8, 4) is 0 Å². The minimum Gasteiger partial charge on any atom is -0.506 e. The molecule has 0 aromatic carbocycles. The smallest absolute Gasteiger partial charge is 0.224 e. The van der Waals surface area contributed by atoms with Gasteiger partial charge in [0.05, 0.1) is 0 Å². The lowest BCUT2D eigenvalue weighted by molar-refractivity contribution is -0.0329. The van der Waals surface area contributed by atoms with Crippen molar-refractivity contribution in [1.82, 2.24) is 19.5 Å². The van der Waals surface area contributed by atoms with Crippen LogP contribution in [0.4, 0.5) is 11.8 Å². The highest BCUT2D eigenvalue weighted by Gasteiger charge is 2.39. The monoisotopic (exact) mass is 294 g/mol. The Morgan fingerprint density at radius 2 is 2.19 bits per heavy atom. The summed E-state index contributed by atoms with van der Waals surface area (Å²) in [5.41, 5.74) is 12.0. The van der Waals surface area contributed by atoms with E-state index >= 15 is 0 Å². The molecule has 0 bridgehead atoms. The molecule has 1 aliphatic heterocycles. The summed E-state index contributed by atoms with van der Waals surface area (Å²) in [5, 5.41) is 19.1. The van der Waals surface area contributed by atoms with Crippen molar-refractivity contribution in [3.63, 3.8) is 0 Å². The molecule has 1 aliphatic rings. The molecule has 0 aliphatic carbocycles. The summed E-state index contributed by atoms with van der Waals surface area (Å²) in [6, 6.07) is 0. The average molecular weight is 294 g/mol. The number of hydrogen-bond donors (Lipinski definition) is 4. The Morgan fingerprint density at radius 3 is 2.86 bits per heavy atom. The number of fused-ring (bicyclic) bond motifs is 1. The van der Waals surface area contributed by atoms with E-state index in [1.165, 1.54) is 18.0 Å². The van der Waals surface area contributed by atoms with E-state index in [-0.39, 0.29) is 23.3 Å². The van der Waals surface area contributed by atoms with Crippen LogP contribution in [0.1, 0.15) is 6.23 Å². The molecule has 0 saturated carbocycles. The van der Waals surface area contributed by atoms with Gasteiger partial charge in [0.25, 0.3) is 0 Å². The maximum atomic E-state index is 9.95. The topological polar surface area (TPSA) is 155 Å². The standard InChI is InChI=1S/C11H14N6O4/c1-20-7-6(19)4(2-18)21-10(7)17-3-14-5-8(12)15-11(13)16-9(5)17/h3,7,10,18-19H,2H2,1H3,(H4,12,13,15,16)/t7?,10-/m1/s1. The second-order valence-electron chi connectivity index (χ2n) is 4.42. The zero-order valence-electron chi connectivity index (χ0n) is 11.1. The number of anilines is 2. The van der Waals surface area contributed by atoms with Gasteiger partial charge in [-0.25, -0.2) is 4.98 Å². The second kappa shape index (κ2) is 4.75. The fraction of sp³-hybridized carbons (Fsp3) is 0.364. The van der Waals surface area contributed by atoms with E-state index in [1.54, 1.807) is 0 Å². The third kappa shape index (κ3) is 1.92. The van der Waals surface area contributed by atoms with E-state index in [9.17, 15) is 10.2 Å². The average Bonchev–Trinajstić information content (AvgIpc) is 2.99. The molecule has 3 rings (SSSR count). The number of nitrogens with zero attached hydrogens (tertiary/aromatic N) is 4. The first-order valence-electron chi connectivity index (χ1n) is 6.04. The predicted octanol–water partition coefficient (Wildman–Crippen LogP) is -0.704. The molecule has 2 aromatic rings. The Hall–Kier alpha value is -2.59. The molecule has 0 radical (unpaired) electrons. The molecular formula is C11H14N6O4. The fourth-order valence-corrected chi connectivity index (χ4v) is 2.25. The molecule has 0 amide bonds. The van der Waals surface area contributed by atoms with Crippen molar-refractivity contribution >= 4 is 22.9 Å². The number of rotatable bonds is 3. The van der Waals surface area contributed by atoms with E-state index in [1.807, 2.05) is 0 Å². The number of methoxy groups -OCH3 is 1. The first kappa shape index (κ1) is 13.4. The van der Waals surface area contributed by atoms with Gasteiger partial charge >= 0.3 is 0 Å². The van der Waals surface area contributed by atoms with Crippen LogP contribution in [0, 0.1) is 0 Å². The van der Waals surface area contributed by atoms with Gasteiger partial charge in [0.15, 0.2) is 29.1 Å². The van der Waals surface area contributed by atoms with Crippen molar-refractivity contribution < 1.29 is 19.7 Å². The summed E-state index contributed by atoms with van der Waals surface area (Å²) < 4.78 is 12.2. The van der Waals surface area contributed by atoms with Gasteiger partial charge in [0.2, 0.25) is 12.2 Å². The molecule has 2 atom stereocenters. The highest BCUT2D eigenvalue weighted by atomic mass is 16.6. The zero-order valence-corrected chi connectivity index (χ0v) is 11.1. The van der Waals surface area contributed by atoms with Gasteiger partial charge in [-0.15, -0.1) is 0 Å². The summed E-state index contributed by atoms with van der Waals surface area (Å²) in [7, 11) is 1.41. The number of imidazole rings is 1. The Morgan fingerprint density at radius 1 is 1.43 bits per heavy atom. The van der Waals surface area contributed by atoms with E-state index in [0.29, 0.717) is 11.2 Å². The Kier molecular flexibility index (Phi) is 3.03. The van der Waals surface area contributed by atoms with Crippen molar-refractivity contribution in [2.45, 2.75) is 12.3 Å². The third-order valence-electron chi connectivity index (χ3n) is 3.21. The maximum Gasteiger partial charge on any atom is 0.224 e. The highest BCUT2D eigenvalue weighted by Crippen LogP contribution is 2.35. The predicted molar refractivity (Wildman–Crippen MR) is 71.8 cm³/mol. The molecule has 10 nitrogen and oxygen atoms in total. The van der Waals surface area contributed by atoms with Crippen LogP contribution >= 0.6 is 0 Å². The van der Waals surface area contributed by atoms with Crippen LogP contribution < -0.4 is 11.5 Å². The molecule has 1 unspecified atom stereocenters. The van der Waals surface area contributed by atoms with Gasteiger partial charge in [-0.2, -0.15) is 9.97 Å². The van der Waals surface area contributed by atoms with Crippen LogP contribution in [0.25, 0.3) is 11.2 Å². The van der Waals surface area contributed by atoms with Gasteiger partial charge in [0.1, 0.15) is 18.5 Å². The van der Waals surface area contributed by atoms with Crippen molar-refractivity contribution in [1.29, 1.82) is 0 Å². The van der Waals surface area contributed by atoms with Gasteiger partial charge < -0.3 is 31.2 Å². The normalized spacial score (nSPS) is 22.0. The van der Waals surface area contributed by atoms with Crippen LogP contribution in [0.3, 0.4) is 0 Å². The number of aliphatic hydroxyl groups is 2. The molecule has 0 spiro atoms. The van der Waals surface area contributed by atoms with Crippen LogP contribution in [0.2, 0.25) is 0 Å². The van der Waals surface area contributed by atoms with Crippen LogP contribution in [0.15, 0.2) is 17.8 Å². The van der Waals surface area contributed by atoms with Crippen LogP contribution in [-0.2, 0) is 9.47 Å². The SMILES string of the molecule is COC1C(O)=C(CO)O[C@H]1n1cnc2c(N)nc(N)nc21. The zero-order chi connectivity index (χ0) is 15.1. The lowest BCUT2D eigenvalue weighted by atomic mass is 10.2. The number of hydrogen-bond acceptors (Lipinski definition) is 9. The minimum atomic E-state index is -0.804. The summed E-state index contributed by atoms with van der Waals surface area (Å²) in [6.45, 7) is -0.450.